The third-order valence-electron chi connectivity index (χ3n) is 12.3. The van der Waals surface area contributed by atoms with Gasteiger partial charge in [-0.25, -0.2) is 0 Å². The van der Waals surface area contributed by atoms with E-state index < -0.39 is 0 Å². The van der Waals surface area contributed by atoms with Gasteiger partial charge in [-0.2, -0.15) is 0 Å². The minimum Gasteiger partial charge on any atom is -0.456 e. The second-order valence-electron chi connectivity index (χ2n) is 16.1. The zero-order valence-electron chi connectivity index (χ0n) is 34.3. The maximum Gasteiger partial charge on any atom is 0.143 e. The molecule has 296 valence electrons. The van der Waals surface area contributed by atoms with Gasteiger partial charge in [0.15, 0.2) is 0 Å². The molecular formula is C60H39NO2. The Labute approximate surface area is 365 Å². The molecule has 0 atom stereocenters. The van der Waals surface area contributed by atoms with E-state index in [0.29, 0.717) is 0 Å². The number of para-hydroxylation sites is 2. The standard InChI is InChI=1S/C60H39NO2/c1-4-13-40(14-5-1)42-23-30-48(31-24-42)61(49-32-25-43(26-33-49)41-15-6-2-7-16-41)50-34-27-44(28-35-50)47-38-54(46-29-36-58-55(37-46)52-19-10-11-22-57(52)62-58)60-56(39-47)53-21-12-20-51(59(53)63-60)45-17-8-3-9-18-45/h1-39H. The lowest BCUT2D eigenvalue weighted by atomic mass is 9.94. The average Bonchev–Trinajstić information content (AvgIpc) is 3.94. The Bertz CT molecular complexity index is 3490. The van der Waals surface area contributed by atoms with E-state index in [0.717, 1.165) is 94.3 Å². The molecule has 12 rings (SSSR count). The van der Waals surface area contributed by atoms with Crippen LogP contribution in [0.3, 0.4) is 0 Å². The van der Waals surface area contributed by atoms with E-state index in [1.807, 2.05) is 12.1 Å². The summed E-state index contributed by atoms with van der Waals surface area (Å²) in [7, 11) is 0. The second-order valence-corrected chi connectivity index (χ2v) is 16.1. The number of furan rings is 2. The summed E-state index contributed by atoms with van der Waals surface area (Å²) in [6.45, 7) is 0. The van der Waals surface area contributed by atoms with Crippen LogP contribution in [0.15, 0.2) is 245 Å². The molecule has 0 N–H and O–H groups in total. The Kier molecular flexibility index (Phi) is 8.83. The lowest BCUT2D eigenvalue weighted by Crippen LogP contribution is -2.09. The highest BCUT2D eigenvalue weighted by Gasteiger charge is 2.20. The van der Waals surface area contributed by atoms with E-state index in [9.17, 15) is 0 Å². The Hall–Kier alpha value is -8.40. The molecule has 0 fully saturated rings. The highest BCUT2D eigenvalue weighted by atomic mass is 16.3. The normalized spacial score (nSPS) is 11.5. The highest BCUT2D eigenvalue weighted by Crippen LogP contribution is 2.44. The van der Waals surface area contributed by atoms with Crippen molar-refractivity contribution in [3.8, 4) is 55.6 Å². The molecule has 0 unspecified atom stereocenters. The lowest BCUT2D eigenvalue weighted by molar-refractivity contribution is 0.668. The first kappa shape index (κ1) is 36.5. The van der Waals surface area contributed by atoms with Crippen molar-refractivity contribution in [2.45, 2.75) is 0 Å². The fraction of sp³-hybridized carbons (Fsp3) is 0. The van der Waals surface area contributed by atoms with Gasteiger partial charge < -0.3 is 13.7 Å². The lowest BCUT2D eigenvalue weighted by Gasteiger charge is -2.26. The quantitative estimate of drug-likeness (QED) is 0.153. The fourth-order valence-electron chi connectivity index (χ4n) is 9.14. The molecule has 0 saturated heterocycles. The molecule has 2 heterocycles. The number of rotatable bonds is 8. The van der Waals surface area contributed by atoms with Gasteiger partial charge in [0.25, 0.3) is 0 Å². The topological polar surface area (TPSA) is 29.5 Å². The van der Waals surface area contributed by atoms with Gasteiger partial charge in [0, 0.05) is 49.7 Å². The first-order valence-corrected chi connectivity index (χ1v) is 21.4. The zero-order valence-corrected chi connectivity index (χ0v) is 34.3. The molecule has 3 heteroatoms. The summed E-state index contributed by atoms with van der Waals surface area (Å²) in [5, 5.41) is 4.35. The van der Waals surface area contributed by atoms with Crippen molar-refractivity contribution in [2.75, 3.05) is 4.90 Å². The highest BCUT2D eigenvalue weighted by molar-refractivity contribution is 6.15. The van der Waals surface area contributed by atoms with E-state index in [1.165, 1.54) is 22.3 Å². The van der Waals surface area contributed by atoms with E-state index in [-0.39, 0.29) is 0 Å². The summed E-state index contributed by atoms with van der Waals surface area (Å²) in [5.41, 5.74) is 18.0. The molecule has 0 bridgehead atoms. The van der Waals surface area contributed by atoms with Crippen LogP contribution in [0.25, 0.3) is 99.5 Å². The minimum atomic E-state index is 0.866. The van der Waals surface area contributed by atoms with Gasteiger partial charge in [-0.15, -0.1) is 0 Å². The molecule has 2 aromatic heterocycles. The summed E-state index contributed by atoms with van der Waals surface area (Å²) in [5.74, 6) is 0. The number of nitrogens with zero attached hydrogens (tertiary/aromatic N) is 1. The summed E-state index contributed by atoms with van der Waals surface area (Å²) < 4.78 is 13.2. The molecule has 3 nitrogen and oxygen atoms in total. The van der Waals surface area contributed by atoms with Crippen LogP contribution < -0.4 is 4.90 Å². The van der Waals surface area contributed by atoms with Crippen molar-refractivity contribution < 1.29 is 8.83 Å². The summed E-state index contributed by atoms with van der Waals surface area (Å²) in [4.78, 5) is 2.33. The van der Waals surface area contributed by atoms with Crippen LogP contribution in [0.5, 0.6) is 0 Å². The number of hydrogen-bond donors (Lipinski definition) is 0. The first-order chi connectivity index (χ1) is 31.2. The van der Waals surface area contributed by atoms with Crippen LogP contribution in [0, 0.1) is 0 Å². The number of hydrogen-bond acceptors (Lipinski definition) is 3. The number of fused-ring (bicyclic) bond motifs is 6. The Morgan fingerprint density at radius 3 is 1.29 bits per heavy atom. The molecule has 0 aliphatic rings. The Morgan fingerprint density at radius 1 is 0.238 bits per heavy atom. The van der Waals surface area contributed by atoms with Crippen LogP contribution in [0.2, 0.25) is 0 Å². The van der Waals surface area contributed by atoms with Gasteiger partial charge >= 0.3 is 0 Å². The molecule has 0 radical (unpaired) electrons. The molecule has 63 heavy (non-hydrogen) atoms. The van der Waals surface area contributed by atoms with E-state index in [1.54, 1.807) is 0 Å². The van der Waals surface area contributed by atoms with Crippen molar-refractivity contribution in [3.63, 3.8) is 0 Å². The first-order valence-electron chi connectivity index (χ1n) is 21.4. The summed E-state index contributed by atoms with van der Waals surface area (Å²) in [6, 6.07) is 84.0. The molecule has 0 spiro atoms. The van der Waals surface area contributed by atoms with Crippen LogP contribution in [0.1, 0.15) is 0 Å². The van der Waals surface area contributed by atoms with Gasteiger partial charge in [-0.3, -0.25) is 0 Å². The van der Waals surface area contributed by atoms with Crippen LogP contribution >= 0.6 is 0 Å². The third kappa shape index (κ3) is 6.55. The molecule has 0 aliphatic carbocycles. The third-order valence-corrected chi connectivity index (χ3v) is 12.3. The van der Waals surface area contributed by atoms with Crippen molar-refractivity contribution in [3.05, 3.63) is 237 Å². The van der Waals surface area contributed by atoms with E-state index >= 15 is 0 Å². The number of benzene rings is 10. The van der Waals surface area contributed by atoms with Crippen molar-refractivity contribution >= 4 is 60.9 Å². The molecule has 0 aliphatic heterocycles. The molecular weight excluding hydrogens is 767 g/mol. The van der Waals surface area contributed by atoms with Gasteiger partial charge in [-0.05, 0) is 111 Å². The molecule has 10 aromatic carbocycles. The zero-order chi connectivity index (χ0) is 41.7. The fourth-order valence-corrected chi connectivity index (χ4v) is 9.14. The minimum absolute atomic E-state index is 0.866. The van der Waals surface area contributed by atoms with E-state index in [2.05, 4.69) is 229 Å². The SMILES string of the molecule is c1ccc(-c2ccc(N(c3ccc(-c4ccccc4)cc3)c3ccc(-c4cc(-c5ccc6oc7ccccc7c6c5)c5oc6c(-c7ccccc7)cccc6c5c4)cc3)cc2)cc1. The number of anilines is 3. The predicted octanol–water partition coefficient (Wildman–Crippen LogP) is 17.3. The van der Waals surface area contributed by atoms with Crippen LogP contribution in [0.4, 0.5) is 17.1 Å². The van der Waals surface area contributed by atoms with Gasteiger partial charge in [0.05, 0.1) is 0 Å². The maximum absolute atomic E-state index is 6.99. The Balaban J connectivity index is 0.996. The van der Waals surface area contributed by atoms with Crippen LogP contribution in [-0.4, -0.2) is 0 Å². The van der Waals surface area contributed by atoms with Crippen molar-refractivity contribution in [1.82, 2.24) is 0 Å². The average molecular weight is 806 g/mol. The monoisotopic (exact) mass is 805 g/mol. The summed E-state index contributed by atoms with van der Waals surface area (Å²) in [6.07, 6.45) is 0. The maximum atomic E-state index is 6.99. The van der Waals surface area contributed by atoms with Gasteiger partial charge in [0.2, 0.25) is 0 Å². The largest absolute Gasteiger partial charge is 0.456 e. The van der Waals surface area contributed by atoms with Crippen molar-refractivity contribution in [2.24, 2.45) is 0 Å². The smallest absolute Gasteiger partial charge is 0.143 e. The molecule has 0 amide bonds. The van der Waals surface area contributed by atoms with Crippen LogP contribution in [-0.2, 0) is 0 Å². The Morgan fingerprint density at radius 2 is 0.683 bits per heavy atom. The van der Waals surface area contributed by atoms with Gasteiger partial charge in [0.1, 0.15) is 22.3 Å². The predicted molar refractivity (Wildman–Crippen MR) is 263 cm³/mol. The second kappa shape index (κ2) is 15.3. The summed E-state index contributed by atoms with van der Waals surface area (Å²) >= 11 is 0. The van der Waals surface area contributed by atoms with E-state index in [4.69, 9.17) is 8.83 Å². The molecule has 12 aromatic rings. The van der Waals surface area contributed by atoms with Crippen molar-refractivity contribution in [1.29, 1.82) is 0 Å². The van der Waals surface area contributed by atoms with Gasteiger partial charge in [-0.1, -0.05) is 170 Å². The molecule has 0 saturated carbocycles.